The third-order valence-electron chi connectivity index (χ3n) is 4.59. The van der Waals surface area contributed by atoms with Crippen LogP contribution in [0.25, 0.3) is 0 Å². The van der Waals surface area contributed by atoms with Crippen molar-refractivity contribution in [3.63, 3.8) is 0 Å². The highest BCUT2D eigenvalue weighted by Crippen LogP contribution is 2.21. The predicted molar refractivity (Wildman–Crippen MR) is 127 cm³/mol. The van der Waals surface area contributed by atoms with Crippen LogP contribution in [0.5, 0.6) is 0 Å². The first kappa shape index (κ1) is 22.9. The van der Waals surface area contributed by atoms with Crippen molar-refractivity contribution in [2.24, 2.45) is 7.05 Å². The number of hydrogen-bond donors (Lipinski definition) is 2. The lowest BCUT2D eigenvalue weighted by molar-refractivity contribution is -0.116. The fraction of sp³-hybridized carbons (Fsp3) is 0.273. The molecule has 2 aromatic carbocycles. The zero-order valence-corrected chi connectivity index (χ0v) is 19.6. The Morgan fingerprint density at radius 2 is 1.84 bits per heavy atom. The average molecular weight is 456 g/mol. The number of carbonyl (C=O) groups excluding carboxylic acids is 2. The van der Waals surface area contributed by atoms with Crippen LogP contribution in [-0.2, 0) is 23.1 Å². The van der Waals surface area contributed by atoms with Gasteiger partial charge in [-0.1, -0.05) is 35.5 Å². The van der Waals surface area contributed by atoms with E-state index >= 15 is 0 Å². The minimum Gasteiger partial charge on any atom is -0.325 e. The lowest BCUT2D eigenvalue weighted by Crippen LogP contribution is -2.18. The second kappa shape index (κ2) is 10.5. The molecular formula is C22H25N5O2S2. The van der Waals surface area contributed by atoms with Crippen LogP contribution in [0.15, 0.2) is 52.5 Å². The maximum Gasteiger partial charge on any atom is 0.234 e. The summed E-state index contributed by atoms with van der Waals surface area (Å²) in [6.45, 7) is 3.97. The molecule has 0 aliphatic heterocycles. The van der Waals surface area contributed by atoms with E-state index in [-0.39, 0.29) is 24.0 Å². The zero-order valence-electron chi connectivity index (χ0n) is 17.9. The fourth-order valence-electron chi connectivity index (χ4n) is 2.94. The van der Waals surface area contributed by atoms with Crippen LogP contribution in [0.2, 0.25) is 0 Å². The van der Waals surface area contributed by atoms with E-state index in [1.807, 2.05) is 62.6 Å². The Morgan fingerprint density at radius 1 is 1.03 bits per heavy atom. The SMILES string of the molecule is CSc1cccc(NC(=O)CSc2nnc(CC(=O)Nc3ccc(C)cc3C)n2C)c1. The molecule has 0 spiro atoms. The van der Waals surface area contributed by atoms with Gasteiger partial charge in [-0.3, -0.25) is 9.59 Å². The lowest BCUT2D eigenvalue weighted by atomic mass is 10.1. The summed E-state index contributed by atoms with van der Waals surface area (Å²) in [7, 11) is 1.79. The number of nitrogens with one attached hydrogen (secondary N) is 2. The third kappa shape index (κ3) is 6.35. The van der Waals surface area contributed by atoms with Crippen molar-refractivity contribution in [1.29, 1.82) is 0 Å². The smallest absolute Gasteiger partial charge is 0.234 e. The molecule has 1 heterocycles. The van der Waals surface area contributed by atoms with E-state index in [1.165, 1.54) is 11.8 Å². The lowest BCUT2D eigenvalue weighted by Gasteiger charge is -2.09. The van der Waals surface area contributed by atoms with Gasteiger partial charge in [-0.2, -0.15) is 0 Å². The molecule has 2 N–H and O–H groups in total. The number of carbonyl (C=O) groups is 2. The van der Waals surface area contributed by atoms with Crippen LogP contribution in [0.4, 0.5) is 11.4 Å². The molecule has 0 aliphatic carbocycles. The van der Waals surface area contributed by atoms with Crippen LogP contribution in [0.1, 0.15) is 17.0 Å². The summed E-state index contributed by atoms with van der Waals surface area (Å²) >= 11 is 2.90. The fourth-order valence-corrected chi connectivity index (χ4v) is 4.13. The van der Waals surface area contributed by atoms with Gasteiger partial charge in [-0.25, -0.2) is 0 Å². The normalized spacial score (nSPS) is 10.7. The molecule has 3 rings (SSSR count). The molecule has 162 valence electrons. The highest BCUT2D eigenvalue weighted by Gasteiger charge is 2.15. The van der Waals surface area contributed by atoms with Gasteiger partial charge in [0.1, 0.15) is 5.82 Å². The summed E-state index contributed by atoms with van der Waals surface area (Å²) in [6.07, 6.45) is 2.09. The Bertz CT molecular complexity index is 1100. The van der Waals surface area contributed by atoms with Crippen LogP contribution in [0.3, 0.4) is 0 Å². The first-order chi connectivity index (χ1) is 14.9. The first-order valence-electron chi connectivity index (χ1n) is 9.68. The number of hydrogen-bond acceptors (Lipinski definition) is 6. The van der Waals surface area contributed by atoms with Gasteiger partial charge in [0.05, 0.1) is 12.2 Å². The molecule has 0 saturated carbocycles. The van der Waals surface area contributed by atoms with Crippen LogP contribution >= 0.6 is 23.5 Å². The monoisotopic (exact) mass is 455 g/mol. The molecule has 31 heavy (non-hydrogen) atoms. The molecular weight excluding hydrogens is 430 g/mol. The van der Waals surface area contributed by atoms with Gasteiger partial charge in [-0.15, -0.1) is 22.0 Å². The number of nitrogens with zero attached hydrogens (tertiary/aromatic N) is 3. The van der Waals surface area contributed by atoms with Crippen molar-refractivity contribution >= 4 is 46.7 Å². The minimum atomic E-state index is -0.162. The number of aryl methyl sites for hydroxylation is 2. The molecule has 0 atom stereocenters. The molecule has 0 saturated heterocycles. The number of benzene rings is 2. The second-order valence-corrected chi connectivity index (χ2v) is 8.89. The Kier molecular flexibility index (Phi) is 7.75. The molecule has 0 unspecified atom stereocenters. The summed E-state index contributed by atoms with van der Waals surface area (Å²) in [5.41, 5.74) is 3.71. The maximum atomic E-state index is 12.4. The summed E-state index contributed by atoms with van der Waals surface area (Å²) in [5.74, 6) is 0.452. The highest BCUT2D eigenvalue weighted by molar-refractivity contribution is 7.99. The standard InChI is InChI=1S/C22H25N5O2S2/c1-14-8-9-18(15(2)10-14)24-20(28)12-19-25-26-22(27(19)3)31-13-21(29)23-16-6-5-7-17(11-16)30-4/h5-11H,12-13H2,1-4H3,(H,23,29)(H,24,28). The first-order valence-corrected chi connectivity index (χ1v) is 11.9. The molecule has 0 aliphatic rings. The van der Waals surface area contributed by atoms with Crippen molar-refractivity contribution in [2.75, 3.05) is 22.6 Å². The van der Waals surface area contributed by atoms with Gasteiger partial charge in [-0.05, 0) is 49.9 Å². The van der Waals surface area contributed by atoms with E-state index < -0.39 is 0 Å². The molecule has 2 amide bonds. The molecule has 0 bridgehead atoms. The van der Waals surface area contributed by atoms with Crippen molar-refractivity contribution in [3.8, 4) is 0 Å². The highest BCUT2D eigenvalue weighted by atomic mass is 32.2. The summed E-state index contributed by atoms with van der Waals surface area (Å²) < 4.78 is 1.74. The van der Waals surface area contributed by atoms with Gasteiger partial charge >= 0.3 is 0 Å². The summed E-state index contributed by atoms with van der Waals surface area (Å²) in [6, 6.07) is 13.6. The van der Waals surface area contributed by atoms with E-state index in [0.717, 1.165) is 27.4 Å². The van der Waals surface area contributed by atoms with E-state index in [0.29, 0.717) is 11.0 Å². The van der Waals surface area contributed by atoms with Crippen molar-refractivity contribution in [3.05, 3.63) is 59.4 Å². The quantitative estimate of drug-likeness (QED) is 0.498. The Morgan fingerprint density at radius 3 is 2.58 bits per heavy atom. The second-order valence-electron chi connectivity index (χ2n) is 7.07. The van der Waals surface area contributed by atoms with E-state index in [9.17, 15) is 9.59 Å². The topological polar surface area (TPSA) is 88.9 Å². The van der Waals surface area contributed by atoms with Crippen LogP contribution in [0, 0.1) is 13.8 Å². The summed E-state index contributed by atoms with van der Waals surface area (Å²) in [5, 5.41) is 14.6. The van der Waals surface area contributed by atoms with E-state index in [4.69, 9.17) is 0 Å². The van der Waals surface area contributed by atoms with Crippen molar-refractivity contribution in [2.45, 2.75) is 30.3 Å². The van der Waals surface area contributed by atoms with Crippen molar-refractivity contribution in [1.82, 2.24) is 14.8 Å². The van der Waals surface area contributed by atoms with Crippen LogP contribution < -0.4 is 10.6 Å². The average Bonchev–Trinajstić information content (AvgIpc) is 3.08. The van der Waals surface area contributed by atoms with Crippen molar-refractivity contribution < 1.29 is 9.59 Å². The van der Waals surface area contributed by atoms with Gasteiger partial charge in [0.25, 0.3) is 0 Å². The van der Waals surface area contributed by atoms with E-state index in [1.54, 1.807) is 23.4 Å². The zero-order chi connectivity index (χ0) is 22.4. The van der Waals surface area contributed by atoms with Crippen LogP contribution in [-0.4, -0.2) is 38.6 Å². The maximum absolute atomic E-state index is 12.4. The molecule has 0 fully saturated rings. The van der Waals surface area contributed by atoms with Gasteiger partial charge < -0.3 is 15.2 Å². The molecule has 0 radical (unpaired) electrons. The van der Waals surface area contributed by atoms with E-state index in [2.05, 4.69) is 20.8 Å². The number of aromatic nitrogens is 3. The Labute approximate surface area is 190 Å². The largest absolute Gasteiger partial charge is 0.325 e. The number of anilines is 2. The number of rotatable bonds is 8. The number of thioether (sulfide) groups is 2. The molecule has 1 aromatic heterocycles. The molecule has 3 aromatic rings. The minimum absolute atomic E-state index is 0.102. The number of amides is 2. The molecule has 7 nitrogen and oxygen atoms in total. The molecule has 9 heteroatoms. The Balaban J connectivity index is 1.54. The summed E-state index contributed by atoms with van der Waals surface area (Å²) in [4.78, 5) is 25.8. The van der Waals surface area contributed by atoms with Gasteiger partial charge in [0.15, 0.2) is 5.16 Å². The van der Waals surface area contributed by atoms with Gasteiger partial charge in [0.2, 0.25) is 11.8 Å². The van der Waals surface area contributed by atoms with Gasteiger partial charge in [0, 0.05) is 23.3 Å². The Hall–Kier alpha value is -2.78. The third-order valence-corrected chi connectivity index (χ3v) is 6.33. The predicted octanol–water partition coefficient (Wildman–Crippen LogP) is 4.07.